The molecular weight excluding hydrogens is 284 g/mol. The minimum atomic E-state index is -0.319. The van der Waals surface area contributed by atoms with E-state index in [1.165, 1.54) is 12.3 Å². The minimum Gasteiger partial charge on any atom is -0.452 e. The summed E-state index contributed by atoms with van der Waals surface area (Å²) >= 11 is 10.6. The van der Waals surface area contributed by atoms with Crippen molar-refractivity contribution in [2.75, 3.05) is 5.32 Å². The lowest BCUT2D eigenvalue weighted by Crippen LogP contribution is -2.12. The summed E-state index contributed by atoms with van der Waals surface area (Å²) in [5.74, 6) is -0.319. The molecule has 98 valence electrons. The number of benzene rings is 1. The molecule has 0 spiro atoms. The molecule has 0 aliphatic rings. The Bertz CT molecular complexity index is 607. The van der Waals surface area contributed by atoms with Crippen LogP contribution in [0.15, 0.2) is 41.0 Å². The van der Waals surface area contributed by atoms with Crippen LogP contribution in [0.3, 0.4) is 0 Å². The SMILES string of the molecule is NC(=S)Cc1ccc(NC(=O)c2ccoc2Cl)cc1. The highest BCUT2D eigenvalue weighted by molar-refractivity contribution is 7.80. The number of nitrogens with one attached hydrogen (secondary N) is 1. The van der Waals surface area contributed by atoms with Gasteiger partial charge in [-0.2, -0.15) is 0 Å². The number of amides is 1. The Kier molecular flexibility index (Phi) is 4.19. The van der Waals surface area contributed by atoms with Crippen molar-refractivity contribution in [1.29, 1.82) is 0 Å². The number of carbonyl (C=O) groups is 1. The Morgan fingerprint density at radius 3 is 2.53 bits per heavy atom. The van der Waals surface area contributed by atoms with Gasteiger partial charge in [0.1, 0.15) is 0 Å². The Hall–Kier alpha value is -1.85. The zero-order chi connectivity index (χ0) is 13.8. The number of thiocarbonyl (C=S) groups is 1. The molecule has 0 aliphatic heterocycles. The average Bonchev–Trinajstić information content (AvgIpc) is 2.77. The van der Waals surface area contributed by atoms with Crippen molar-refractivity contribution in [3.63, 3.8) is 0 Å². The van der Waals surface area contributed by atoms with E-state index >= 15 is 0 Å². The van der Waals surface area contributed by atoms with Crippen molar-refractivity contribution in [2.45, 2.75) is 6.42 Å². The van der Waals surface area contributed by atoms with Gasteiger partial charge in [0.15, 0.2) is 0 Å². The van der Waals surface area contributed by atoms with Crippen molar-refractivity contribution in [1.82, 2.24) is 0 Å². The first kappa shape index (κ1) is 13.6. The maximum atomic E-state index is 11.9. The third-order valence-corrected chi connectivity index (χ3v) is 2.89. The number of hydrogen-bond acceptors (Lipinski definition) is 3. The summed E-state index contributed by atoms with van der Waals surface area (Å²) in [7, 11) is 0. The van der Waals surface area contributed by atoms with Crippen molar-refractivity contribution >= 4 is 40.4 Å². The van der Waals surface area contributed by atoms with Crippen LogP contribution in [0, 0.1) is 0 Å². The number of furan rings is 1. The molecule has 4 nitrogen and oxygen atoms in total. The lowest BCUT2D eigenvalue weighted by atomic mass is 10.1. The molecule has 0 saturated carbocycles. The third-order valence-electron chi connectivity index (χ3n) is 2.45. The predicted octanol–water partition coefficient (Wildman–Crippen LogP) is 3.01. The van der Waals surface area contributed by atoms with Gasteiger partial charge in [-0.15, -0.1) is 0 Å². The molecule has 0 unspecified atom stereocenters. The fourth-order valence-corrected chi connectivity index (χ4v) is 1.93. The van der Waals surface area contributed by atoms with Gasteiger partial charge in [0, 0.05) is 12.1 Å². The Morgan fingerprint density at radius 1 is 1.32 bits per heavy atom. The van der Waals surface area contributed by atoms with Crippen molar-refractivity contribution in [3.05, 3.63) is 52.9 Å². The van der Waals surface area contributed by atoms with Crippen molar-refractivity contribution < 1.29 is 9.21 Å². The van der Waals surface area contributed by atoms with Crippen LogP contribution < -0.4 is 11.1 Å². The van der Waals surface area contributed by atoms with E-state index in [9.17, 15) is 4.79 Å². The van der Waals surface area contributed by atoms with Gasteiger partial charge in [-0.1, -0.05) is 24.4 Å². The summed E-state index contributed by atoms with van der Waals surface area (Å²) in [6.07, 6.45) is 1.90. The van der Waals surface area contributed by atoms with Crippen molar-refractivity contribution in [3.8, 4) is 0 Å². The molecule has 1 amide bonds. The predicted molar refractivity (Wildman–Crippen MR) is 78.6 cm³/mol. The zero-order valence-electron chi connectivity index (χ0n) is 9.85. The first-order chi connectivity index (χ1) is 9.06. The van der Waals surface area contributed by atoms with E-state index in [0.717, 1.165) is 5.56 Å². The summed E-state index contributed by atoms with van der Waals surface area (Å²) in [6.45, 7) is 0. The van der Waals surface area contributed by atoms with Crippen LogP contribution in [-0.4, -0.2) is 10.9 Å². The Balaban J connectivity index is 2.06. The lowest BCUT2D eigenvalue weighted by Gasteiger charge is -2.05. The van der Waals surface area contributed by atoms with Gasteiger partial charge in [0.05, 0.1) is 16.8 Å². The van der Waals surface area contributed by atoms with Crippen LogP contribution in [0.25, 0.3) is 0 Å². The van der Waals surface area contributed by atoms with E-state index < -0.39 is 0 Å². The van der Waals surface area contributed by atoms with Gasteiger partial charge >= 0.3 is 0 Å². The van der Waals surface area contributed by atoms with Crippen LogP contribution in [0.1, 0.15) is 15.9 Å². The fraction of sp³-hybridized carbons (Fsp3) is 0.0769. The number of anilines is 1. The zero-order valence-corrected chi connectivity index (χ0v) is 11.4. The van der Waals surface area contributed by atoms with E-state index in [4.69, 9.17) is 34.0 Å². The highest BCUT2D eigenvalue weighted by Gasteiger charge is 2.12. The molecule has 0 atom stereocenters. The van der Waals surface area contributed by atoms with Crippen LogP contribution in [-0.2, 0) is 6.42 Å². The van der Waals surface area contributed by atoms with E-state index in [-0.39, 0.29) is 11.1 Å². The molecule has 1 aromatic carbocycles. The average molecular weight is 295 g/mol. The number of hydrogen-bond donors (Lipinski definition) is 2. The molecular formula is C13H11ClN2O2S. The molecule has 6 heteroatoms. The molecule has 0 bridgehead atoms. The second kappa shape index (κ2) is 5.86. The third kappa shape index (κ3) is 3.56. The molecule has 0 aliphatic carbocycles. The second-order valence-corrected chi connectivity index (χ2v) is 4.77. The maximum absolute atomic E-state index is 11.9. The van der Waals surface area contributed by atoms with E-state index in [2.05, 4.69) is 5.32 Å². The Labute approximate surface area is 120 Å². The molecule has 19 heavy (non-hydrogen) atoms. The number of carbonyl (C=O) groups excluding carboxylic acids is 1. The van der Waals surface area contributed by atoms with Gasteiger partial charge in [0.2, 0.25) is 5.22 Å². The molecule has 0 saturated heterocycles. The monoisotopic (exact) mass is 294 g/mol. The largest absolute Gasteiger partial charge is 0.452 e. The first-order valence-corrected chi connectivity index (χ1v) is 6.26. The molecule has 2 rings (SSSR count). The first-order valence-electron chi connectivity index (χ1n) is 5.48. The normalized spacial score (nSPS) is 10.2. The summed E-state index contributed by atoms with van der Waals surface area (Å²) in [6, 6.07) is 8.77. The van der Waals surface area contributed by atoms with E-state index in [0.29, 0.717) is 22.7 Å². The van der Waals surface area contributed by atoms with Gasteiger partial charge < -0.3 is 15.5 Å². The maximum Gasteiger partial charge on any atom is 0.260 e. The molecule has 2 aromatic rings. The summed E-state index contributed by atoms with van der Waals surface area (Å²) < 4.78 is 4.86. The number of rotatable bonds is 4. The lowest BCUT2D eigenvalue weighted by molar-refractivity contribution is 0.102. The minimum absolute atomic E-state index is 0.0719. The fourth-order valence-electron chi connectivity index (χ4n) is 1.56. The van der Waals surface area contributed by atoms with Crippen LogP contribution in [0.4, 0.5) is 5.69 Å². The molecule has 1 heterocycles. The summed E-state index contributed by atoms with van der Waals surface area (Å²) in [5.41, 5.74) is 7.41. The van der Waals surface area contributed by atoms with Crippen LogP contribution >= 0.6 is 23.8 Å². The van der Waals surface area contributed by atoms with Gasteiger partial charge in [-0.3, -0.25) is 4.79 Å². The molecule has 1 aromatic heterocycles. The van der Waals surface area contributed by atoms with Gasteiger partial charge in [-0.25, -0.2) is 0 Å². The summed E-state index contributed by atoms with van der Waals surface area (Å²) in [4.78, 5) is 12.3. The quantitative estimate of drug-likeness (QED) is 0.851. The standard InChI is InChI=1S/C13H11ClN2O2S/c14-12-10(5-6-18-12)13(17)16-9-3-1-8(2-4-9)7-11(15)19/h1-6H,7H2,(H2,15,19)(H,16,17). The van der Waals surface area contributed by atoms with Gasteiger partial charge in [0.25, 0.3) is 5.91 Å². The summed E-state index contributed by atoms with van der Waals surface area (Å²) in [5, 5.41) is 2.79. The second-order valence-electron chi connectivity index (χ2n) is 3.90. The van der Waals surface area contributed by atoms with Crippen LogP contribution in [0.5, 0.6) is 0 Å². The Morgan fingerprint density at radius 2 is 2.00 bits per heavy atom. The number of halogens is 1. The smallest absolute Gasteiger partial charge is 0.260 e. The highest BCUT2D eigenvalue weighted by Crippen LogP contribution is 2.18. The molecule has 3 N–H and O–H groups in total. The van der Waals surface area contributed by atoms with Crippen molar-refractivity contribution in [2.24, 2.45) is 5.73 Å². The van der Waals surface area contributed by atoms with Gasteiger partial charge in [-0.05, 0) is 35.4 Å². The molecule has 0 radical (unpaired) electrons. The highest BCUT2D eigenvalue weighted by atomic mass is 35.5. The molecule has 0 fully saturated rings. The van der Waals surface area contributed by atoms with Crippen LogP contribution in [0.2, 0.25) is 5.22 Å². The number of nitrogens with two attached hydrogens (primary N) is 1. The van der Waals surface area contributed by atoms with E-state index in [1.54, 1.807) is 12.1 Å². The topological polar surface area (TPSA) is 68.3 Å². The van der Waals surface area contributed by atoms with E-state index in [1.807, 2.05) is 12.1 Å².